The SMILES string of the molecule is Cc1noc(C[C@@](O)(c2ccc(C(F)(F)F)cc2)C(F)(F)F)c1[N+](=O)[O-]. The van der Waals surface area contributed by atoms with Crippen LogP contribution in [-0.2, 0) is 18.2 Å². The predicted octanol–water partition coefficient (Wildman–Crippen LogP) is 3.90. The number of nitro groups is 1. The quantitative estimate of drug-likeness (QED) is 0.491. The van der Waals surface area contributed by atoms with Crippen molar-refractivity contribution in [1.29, 1.82) is 0 Å². The van der Waals surface area contributed by atoms with Crippen molar-refractivity contribution < 1.29 is 40.9 Å². The third kappa shape index (κ3) is 3.49. The van der Waals surface area contributed by atoms with Gasteiger partial charge in [-0.2, -0.15) is 26.3 Å². The molecule has 0 aliphatic carbocycles. The highest BCUT2D eigenvalue weighted by Crippen LogP contribution is 2.43. The van der Waals surface area contributed by atoms with E-state index in [0.29, 0.717) is 24.3 Å². The van der Waals surface area contributed by atoms with Gasteiger partial charge in [-0.1, -0.05) is 17.3 Å². The van der Waals surface area contributed by atoms with Crippen LogP contribution >= 0.6 is 0 Å². The van der Waals surface area contributed by atoms with Crippen molar-refractivity contribution in [1.82, 2.24) is 5.16 Å². The molecule has 12 heteroatoms. The minimum Gasteiger partial charge on any atom is -0.376 e. The van der Waals surface area contributed by atoms with Crippen LogP contribution in [0.4, 0.5) is 32.0 Å². The molecule has 26 heavy (non-hydrogen) atoms. The normalized spacial score (nSPS) is 14.9. The standard InChI is InChI=1S/C14H10F6N2O4/c1-7-11(22(24)25)10(26-21-7)6-12(23,14(18,19)20)8-2-4-9(5-3-8)13(15,16)17/h2-5,23H,6H2,1H3/t12-/m1/s1. The van der Waals surface area contributed by atoms with E-state index >= 15 is 0 Å². The monoisotopic (exact) mass is 384 g/mol. The topological polar surface area (TPSA) is 89.4 Å². The first-order valence-corrected chi connectivity index (χ1v) is 6.84. The second-order valence-electron chi connectivity index (χ2n) is 5.41. The summed E-state index contributed by atoms with van der Waals surface area (Å²) in [4.78, 5) is 9.93. The van der Waals surface area contributed by atoms with Crippen LogP contribution in [0.25, 0.3) is 0 Å². The van der Waals surface area contributed by atoms with E-state index in [1.165, 1.54) is 0 Å². The van der Waals surface area contributed by atoms with Crippen LogP contribution < -0.4 is 0 Å². The van der Waals surface area contributed by atoms with Gasteiger partial charge in [-0.15, -0.1) is 0 Å². The Labute approximate surface area is 141 Å². The third-order valence-electron chi connectivity index (χ3n) is 3.66. The number of hydrogen-bond donors (Lipinski definition) is 1. The molecule has 0 aliphatic rings. The van der Waals surface area contributed by atoms with Gasteiger partial charge in [0.15, 0.2) is 11.3 Å². The Balaban J connectivity index is 2.52. The van der Waals surface area contributed by atoms with Crippen LogP contribution in [0.3, 0.4) is 0 Å². The van der Waals surface area contributed by atoms with E-state index in [9.17, 15) is 41.6 Å². The van der Waals surface area contributed by atoms with Gasteiger partial charge in [0.05, 0.1) is 16.9 Å². The van der Waals surface area contributed by atoms with E-state index in [1.54, 1.807) is 0 Å². The number of rotatable bonds is 4. The molecule has 1 N–H and O–H groups in total. The van der Waals surface area contributed by atoms with Gasteiger partial charge in [0.1, 0.15) is 0 Å². The maximum absolute atomic E-state index is 13.4. The number of aliphatic hydroxyl groups is 1. The highest BCUT2D eigenvalue weighted by Gasteiger charge is 2.56. The van der Waals surface area contributed by atoms with Gasteiger partial charge in [0.2, 0.25) is 5.76 Å². The third-order valence-corrected chi connectivity index (χ3v) is 3.66. The van der Waals surface area contributed by atoms with Gasteiger partial charge in [-0.05, 0) is 24.6 Å². The van der Waals surface area contributed by atoms with E-state index in [-0.39, 0.29) is 5.69 Å². The summed E-state index contributed by atoms with van der Waals surface area (Å²) in [5, 5.41) is 24.3. The number of aromatic nitrogens is 1. The molecule has 0 radical (unpaired) electrons. The Morgan fingerprint density at radius 3 is 2.04 bits per heavy atom. The highest BCUT2D eigenvalue weighted by atomic mass is 19.4. The van der Waals surface area contributed by atoms with Crippen molar-refractivity contribution in [2.45, 2.75) is 31.3 Å². The smallest absolute Gasteiger partial charge is 0.376 e. The Morgan fingerprint density at radius 2 is 1.62 bits per heavy atom. The molecular formula is C14H10F6N2O4. The van der Waals surface area contributed by atoms with Crippen molar-refractivity contribution >= 4 is 5.69 Å². The molecule has 0 saturated carbocycles. The molecule has 0 fully saturated rings. The molecule has 0 amide bonds. The van der Waals surface area contributed by atoms with Crippen molar-refractivity contribution in [2.24, 2.45) is 0 Å². The fourth-order valence-corrected chi connectivity index (χ4v) is 2.29. The molecule has 0 unspecified atom stereocenters. The summed E-state index contributed by atoms with van der Waals surface area (Å²) in [6.07, 6.45) is -11.6. The van der Waals surface area contributed by atoms with Crippen molar-refractivity contribution in [3.63, 3.8) is 0 Å². The van der Waals surface area contributed by atoms with E-state index < -0.39 is 51.9 Å². The van der Waals surface area contributed by atoms with Crippen LogP contribution in [-0.4, -0.2) is 21.4 Å². The van der Waals surface area contributed by atoms with Gasteiger partial charge in [-0.3, -0.25) is 10.1 Å². The van der Waals surface area contributed by atoms with Crippen LogP contribution in [0.15, 0.2) is 28.8 Å². The first-order valence-electron chi connectivity index (χ1n) is 6.84. The molecule has 0 saturated heterocycles. The minimum atomic E-state index is -5.36. The summed E-state index contributed by atoms with van der Waals surface area (Å²) in [5.41, 5.74) is -7.01. The van der Waals surface area contributed by atoms with Crippen LogP contribution in [0, 0.1) is 17.0 Å². The molecule has 142 valence electrons. The lowest BCUT2D eigenvalue weighted by molar-refractivity contribution is -0.387. The second kappa shape index (κ2) is 6.27. The highest BCUT2D eigenvalue weighted by molar-refractivity contribution is 5.40. The van der Waals surface area contributed by atoms with E-state index in [0.717, 1.165) is 6.92 Å². The summed E-state index contributed by atoms with van der Waals surface area (Å²) < 4.78 is 82.5. The second-order valence-corrected chi connectivity index (χ2v) is 5.41. The molecule has 1 aromatic carbocycles. The molecule has 1 aromatic heterocycles. The lowest BCUT2D eigenvalue weighted by Crippen LogP contribution is -2.44. The summed E-state index contributed by atoms with van der Waals surface area (Å²) in [5.74, 6) is -0.854. The predicted molar refractivity (Wildman–Crippen MR) is 73.0 cm³/mol. The zero-order valence-corrected chi connectivity index (χ0v) is 12.9. The van der Waals surface area contributed by atoms with E-state index in [1.807, 2.05) is 0 Å². The van der Waals surface area contributed by atoms with E-state index in [4.69, 9.17) is 0 Å². The first-order chi connectivity index (χ1) is 11.8. The largest absolute Gasteiger partial charge is 0.421 e. The summed E-state index contributed by atoms with van der Waals surface area (Å²) in [7, 11) is 0. The first kappa shape index (κ1) is 19.7. The Bertz CT molecular complexity index is 812. The zero-order chi connectivity index (χ0) is 19.9. The zero-order valence-electron chi connectivity index (χ0n) is 12.9. The van der Waals surface area contributed by atoms with Crippen LogP contribution in [0.2, 0.25) is 0 Å². The number of nitrogens with zero attached hydrogens (tertiary/aromatic N) is 2. The molecule has 2 rings (SSSR count). The number of halogens is 6. The molecule has 0 bridgehead atoms. The Morgan fingerprint density at radius 1 is 1.12 bits per heavy atom. The van der Waals surface area contributed by atoms with E-state index in [2.05, 4.69) is 9.68 Å². The fraction of sp³-hybridized carbons (Fsp3) is 0.357. The average Bonchev–Trinajstić information content (AvgIpc) is 2.86. The number of alkyl halides is 6. The van der Waals surface area contributed by atoms with Crippen molar-refractivity contribution in [2.75, 3.05) is 0 Å². The lowest BCUT2D eigenvalue weighted by atomic mass is 9.87. The van der Waals surface area contributed by atoms with Gasteiger partial charge in [0, 0.05) is 0 Å². The fourth-order valence-electron chi connectivity index (χ4n) is 2.29. The van der Waals surface area contributed by atoms with Crippen molar-refractivity contribution in [3.05, 3.63) is 57.0 Å². The maximum atomic E-state index is 13.4. The van der Waals surface area contributed by atoms with Gasteiger partial charge in [0.25, 0.3) is 0 Å². The summed E-state index contributed by atoms with van der Waals surface area (Å²) >= 11 is 0. The Hall–Kier alpha value is -2.63. The molecule has 1 atom stereocenters. The van der Waals surface area contributed by atoms with Gasteiger partial charge >= 0.3 is 18.0 Å². The molecule has 0 spiro atoms. The number of aryl methyl sites for hydroxylation is 1. The summed E-state index contributed by atoms with van der Waals surface area (Å²) in [6.45, 7) is 1.12. The Kier molecular flexibility index (Phi) is 4.75. The van der Waals surface area contributed by atoms with Crippen LogP contribution in [0.1, 0.15) is 22.6 Å². The van der Waals surface area contributed by atoms with Crippen LogP contribution in [0.5, 0.6) is 0 Å². The molecule has 6 nitrogen and oxygen atoms in total. The molecule has 2 aromatic rings. The minimum absolute atomic E-state index is 0.304. The van der Waals surface area contributed by atoms with Crippen molar-refractivity contribution in [3.8, 4) is 0 Å². The molecule has 0 aliphatic heterocycles. The van der Waals surface area contributed by atoms with Gasteiger partial charge < -0.3 is 9.63 Å². The summed E-state index contributed by atoms with van der Waals surface area (Å²) in [6, 6.07) is 1.63. The molecular weight excluding hydrogens is 374 g/mol. The number of benzene rings is 1. The van der Waals surface area contributed by atoms with Gasteiger partial charge in [-0.25, -0.2) is 0 Å². The lowest BCUT2D eigenvalue weighted by Gasteiger charge is -2.30. The molecule has 1 heterocycles. The number of hydrogen-bond acceptors (Lipinski definition) is 5. The average molecular weight is 384 g/mol. The maximum Gasteiger partial charge on any atom is 0.421 e.